The highest BCUT2D eigenvalue weighted by atomic mass is 32.1. The lowest BCUT2D eigenvalue weighted by Gasteiger charge is -2.04. The molecule has 2 aromatic rings. The van der Waals surface area contributed by atoms with Gasteiger partial charge in [0.15, 0.2) is 11.5 Å². The number of nitrogens with two attached hydrogens (primary N) is 1. The van der Waals surface area contributed by atoms with Crippen LogP contribution in [-0.2, 0) is 13.0 Å². The number of hydrogen-bond acceptors (Lipinski definition) is 6. The molecule has 0 radical (unpaired) electrons. The predicted octanol–water partition coefficient (Wildman–Crippen LogP) is 2.26. The number of hydrogen-bond donors (Lipinski definition) is 1. The van der Waals surface area contributed by atoms with Gasteiger partial charge in [-0.3, -0.25) is 0 Å². The van der Waals surface area contributed by atoms with Crippen molar-refractivity contribution < 1.29 is 14.2 Å². The number of thiazole rings is 1. The number of fused-ring (bicyclic) bond motifs is 1. The number of ether oxygens (including phenoxy) is 3. The molecule has 3 rings (SSSR count). The second kappa shape index (κ2) is 5.68. The van der Waals surface area contributed by atoms with Crippen molar-refractivity contribution in [2.75, 3.05) is 13.3 Å². The lowest BCUT2D eigenvalue weighted by Crippen LogP contribution is -2.01. The minimum absolute atomic E-state index is 0.271. The van der Waals surface area contributed by atoms with E-state index >= 15 is 0 Å². The Balaban J connectivity index is 1.66. The Labute approximate surface area is 121 Å². The van der Waals surface area contributed by atoms with Crippen molar-refractivity contribution in [3.8, 4) is 17.2 Å². The van der Waals surface area contributed by atoms with E-state index in [0.717, 1.165) is 34.4 Å². The maximum absolute atomic E-state index is 5.74. The third-order valence-electron chi connectivity index (χ3n) is 3.01. The Hall–Kier alpha value is -1.79. The SMILES string of the molecule is Cc1nc(COc2ccc3c(c2)OCO3)sc1CCN. The molecule has 0 spiro atoms. The summed E-state index contributed by atoms with van der Waals surface area (Å²) in [6.07, 6.45) is 0.869. The predicted molar refractivity (Wildman–Crippen MR) is 76.5 cm³/mol. The Kier molecular flexibility index (Phi) is 3.75. The second-order valence-corrected chi connectivity index (χ2v) is 5.63. The van der Waals surface area contributed by atoms with Crippen LogP contribution in [0.4, 0.5) is 0 Å². The molecule has 1 aromatic heterocycles. The molecule has 0 aliphatic carbocycles. The summed E-state index contributed by atoms with van der Waals surface area (Å²) in [6.45, 7) is 3.37. The summed E-state index contributed by atoms with van der Waals surface area (Å²) in [5, 5.41) is 0.962. The van der Waals surface area contributed by atoms with E-state index in [9.17, 15) is 0 Å². The fourth-order valence-electron chi connectivity index (χ4n) is 2.02. The summed E-state index contributed by atoms with van der Waals surface area (Å²) in [6, 6.07) is 5.56. The third-order valence-corrected chi connectivity index (χ3v) is 4.21. The molecule has 0 saturated heterocycles. The molecular formula is C14H16N2O3S. The van der Waals surface area contributed by atoms with Crippen molar-refractivity contribution in [3.63, 3.8) is 0 Å². The quantitative estimate of drug-likeness (QED) is 0.915. The minimum Gasteiger partial charge on any atom is -0.486 e. The molecule has 0 atom stereocenters. The van der Waals surface area contributed by atoms with Crippen molar-refractivity contribution in [1.29, 1.82) is 0 Å². The van der Waals surface area contributed by atoms with Gasteiger partial charge in [0, 0.05) is 10.9 Å². The Bertz CT molecular complexity index is 612. The fourth-order valence-corrected chi connectivity index (χ4v) is 3.02. The first kappa shape index (κ1) is 13.2. The number of rotatable bonds is 5. The summed E-state index contributed by atoms with van der Waals surface area (Å²) < 4.78 is 16.3. The zero-order valence-electron chi connectivity index (χ0n) is 11.2. The maximum atomic E-state index is 5.74. The van der Waals surface area contributed by atoms with Crippen LogP contribution in [0.2, 0.25) is 0 Å². The van der Waals surface area contributed by atoms with Gasteiger partial charge in [0.2, 0.25) is 6.79 Å². The van der Waals surface area contributed by atoms with Gasteiger partial charge < -0.3 is 19.9 Å². The van der Waals surface area contributed by atoms with Crippen molar-refractivity contribution in [3.05, 3.63) is 33.8 Å². The second-order valence-electron chi connectivity index (χ2n) is 4.46. The molecular weight excluding hydrogens is 276 g/mol. The molecule has 1 aliphatic heterocycles. The van der Waals surface area contributed by atoms with Crippen LogP contribution in [0.3, 0.4) is 0 Å². The van der Waals surface area contributed by atoms with Crippen molar-refractivity contribution in [1.82, 2.24) is 4.98 Å². The lowest BCUT2D eigenvalue weighted by molar-refractivity contribution is 0.173. The van der Waals surface area contributed by atoms with Crippen LogP contribution in [0.15, 0.2) is 18.2 Å². The average molecular weight is 292 g/mol. The molecule has 106 valence electrons. The number of benzene rings is 1. The van der Waals surface area contributed by atoms with E-state index in [1.807, 2.05) is 25.1 Å². The molecule has 0 unspecified atom stereocenters. The van der Waals surface area contributed by atoms with Gasteiger partial charge in [0.25, 0.3) is 0 Å². The molecule has 5 nitrogen and oxygen atoms in total. The third kappa shape index (κ3) is 2.71. The molecule has 2 heterocycles. The van der Waals surface area contributed by atoms with Crippen LogP contribution < -0.4 is 19.9 Å². The van der Waals surface area contributed by atoms with Gasteiger partial charge in [-0.05, 0) is 32.0 Å². The van der Waals surface area contributed by atoms with E-state index < -0.39 is 0 Å². The van der Waals surface area contributed by atoms with E-state index in [4.69, 9.17) is 19.9 Å². The van der Waals surface area contributed by atoms with E-state index in [-0.39, 0.29) is 6.79 Å². The van der Waals surface area contributed by atoms with Crippen LogP contribution in [0.5, 0.6) is 17.2 Å². The highest BCUT2D eigenvalue weighted by molar-refractivity contribution is 7.11. The standard InChI is InChI=1S/C14H16N2O3S/c1-9-13(4-5-15)20-14(16-9)7-17-10-2-3-11-12(6-10)19-8-18-11/h2-3,6H,4-5,7-8,15H2,1H3. The summed E-state index contributed by atoms with van der Waals surface area (Å²) in [7, 11) is 0. The molecule has 1 aromatic carbocycles. The highest BCUT2D eigenvalue weighted by Crippen LogP contribution is 2.35. The van der Waals surface area contributed by atoms with Gasteiger partial charge in [0.1, 0.15) is 17.4 Å². The van der Waals surface area contributed by atoms with E-state index in [2.05, 4.69) is 4.98 Å². The molecule has 0 saturated carbocycles. The monoisotopic (exact) mass is 292 g/mol. The maximum Gasteiger partial charge on any atom is 0.231 e. The van der Waals surface area contributed by atoms with Gasteiger partial charge >= 0.3 is 0 Å². The summed E-state index contributed by atoms with van der Waals surface area (Å²) in [4.78, 5) is 5.73. The van der Waals surface area contributed by atoms with Crippen LogP contribution in [0.1, 0.15) is 15.6 Å². The molecule has 20 heavy (non-hydrogen) atoms. The van der Waals surface area contributed by atoms with Crippen molar-refractivity contribution in [2.24, 2.45) is 5.73 Å². The first-order valence-corrected chi connectivity index (χ1v) is 7.25. The van der Waals surface area contributed by atoms with Crippen LogP contribution in [0, 0.1) is 6.92 Å². The first-order valence-electron chi connectivity index (χ1n) is 6.44. The van der Waals surface area contributed by atoms with Crippen LogP contribution in [-0.4, -0.2) is 18.3 Å². The van der Waals surface area contributed by atoms with E-state index in [1.54, 1.807) is 11.3 Å². The number of nitrogens with zero attached hydrogens (tertiary/aromatic N) is 1. The van der Waals surface area contributed by atoms with Gasteiger partial charge in [-0.1, -0.05) is 0 Å². The summed E-state index contributed by atoms with van der Waals surface area (Å²) in [5.74, 6) is 2.23. The fraction of sp³-hybridized carbons (Fsp3) is 0.357. The Morgan fingerprint density at radius 3 is 3.05 bits per heavy atom. The average Bonchev–Trinajstić information content (AvgIpc) is 3.03. The largest absolute Gasteiger partial charge is 0.486 e. The van der Waals surface area contributed by atoms with E-state index in [0.29, 0.717) is 13.2 Å². The molecule has 1 aliphatic rings. The Morgan fingerprint density at radius 1 is 1.35 bits per heavy atom. The smallest absolute Gasteiger partial charge is 0.231 e. The van der Waals surface area contributed by atoms with Crippen LogP contribution in [0.25, 0.3) is 0 Å². The van der Waals surface area contributed by atoms with Gasteiger partial charge in [0.05, 0.1) is 5.69 Å². The molecule has 0 bridgehead atoms. The zero-order chi connectivity index (χ0) is 13.9. The minimum atomic E-state index is 0.271. The normalized spacial score (nSPS) is 12.7. The molecule has 0 fully saturated rings. The van der Waals surface area contributed by atoms with Crippen LogP contribution >= 0.6 is 11.3 Å². The van der Waals surface area contributed by atoms with E-state index in [1.165, 1.54) is 4.88 Å². The van der Waals surface area contributed by atoms with Gasteiger partial charge in [-0.2, -0.15) is 0 Å². The topological polar surface area (TPSA) is 66.6 Å². The number of aromatic nitrogens is 1. The molecule has 0 amide bonds. The Morgan fingerprint density at radius 2 is 2.20 bits per heavy atom. The summed E-state index contributed by atoms with van der Waals surface area (Å²) in [5.41, 5.74) is 6.62. The molecule has 6 heteroatoms. The van der Waals surface area contributed by atoms with Crippen molar-refractivity contribution >= 4 is 11.3 Å². The zero-order valence-corrected chi connectivity index (χ0v) is 12.0. The molecule has 2 N–H and O–H groups in total. The highest BCUT2D eigenvalue weighted by Gasteiger charge is 2.14. The first-order chi connectivity index (χ1) is 9.76. The summed E-state index contributed by atoms with van der Waals surface area (Å²) >= 11 is 1.66. The van der Waals surface area contributed by atoms with Crippen molar-refractivity contribution in [2.45, 2.75) is 20.0 Å². The van der Waals surface area contributed by atoms with Gasteiger partial charge in [-0.25, -0.2) is 4.98 Å². The lowest BCUT2D eigenvalue weighted by atomic mass is 10.3. The number of aryl methyl sites for hydroxylation is 1. The van der Waals surface area contributed by atoms with Gasteiger partial charge in [-0.15, -0.1) is 11.3 Å².